The number of benzene rings is 1. The predicted molar refractivity (Wildman–Crippen MR) is 72.8 cm³/mol. The SMILES string of the molecule is CCN(CC(F)(F)F)C(=O)c1ccc(C#CCO)c(C)c1. The van der Waals surface area contributed by atoms with Crippen molar-refractivity contribution in [2.75, 3.05) is 19.7 Å². The van der Waals surface area contributed by atoms with Crippen molar-refractivity contribution in [2.24, 2.45) is 0 Å². The molecule has 0 saturated heterocycles. The summed E-state index contributed by atoms with van der Waals surface area (Å²) in [6.07, 6.45) is -4.42. The highest BCUT2D eigenvalue weighted by Crippen LogP contribution is 2.19. The third-order valence-electron chi connectivity index (χ3n) is 2.81. The second kappa shape index (κ2) is 7.14. The van der Waals surface area contributed by atoms with Crippen LogP contribution in [-0.4, -0.2) is 41.8 Å². The van der Waals surface area contributed by atoms with Gasteiger partial charge in [-0.2, -0.15) is 13.2 Å². The maximum Gasteiger partial charge on any atom is 0.406 e. The van der Waals surface area contributed by atoms with Crippen LogP contribution in [0.4, 0.5) is 13.2 Å². The zero-order chi connectivity index (χ0) is 16.0. The van der Waals surface area contributed by atoms with E-state index in [1.54, 1.807) is 13.0 Å². The summed E-state index contributed by atoms with van der Waals surface area (Å²) in [7, 11) is 0. The number of halogens is 3. The van der Waals surface area contributed by atoms with Gasteiger partial charge in [-0.05, 0) is 37.6 Å². The molecule has 0 aliphatic heterocycles. The van der Waals surface area contributed by atoms with E-state index in [1.165, 1.54) is 19.1 Å². The maximum atomic E-state index is 12.4. The van der Waals surface area contributed by atoms with Crippen LogP contribution >= 0.6 is 0 Å². The van der Waals surface area contributed by atoms with Gasteiger partial charge in [0.15, 0.2) is 0 Å². The molecular formula is C15H16F3NO2. The molecule has 0 spiro atoms. The Bertz CT molecular complexity index is 571. The molecule has 0 unspecified atom stereocenters. The molecule has 0 aliphatic carbocycles. The molecule has 0 bridgehead atoms. The molecule has 1 N–H and O–H groups in total. The maximum absolute atomic E-state index is 12.4. The van der Waals surface area contributed by atoms with Crippen molar-refractivity contribution < 1.29 is 23.1 Å². The number of aliphatic hydroxyl groups is 1. The van der Waals surface area contributed by atoms with Crippen LogP contribution in [0.1, 0.15) is 28.4 Å². The summed E-state index contributed by atoms with van der Waals surface area (Å²) >= 11 is 0. The van der Waals surface area contributed by atoms with Crippen LogP contribution in [0.25, 0.3) is 0 Å². The predicted octanol–water partition coefficient (Wildman–Crippen LogP) is 2.36. The molecule has 1 aromatic carbocycles. The summed E-state index contributed by atoms with van der Waals surface area (Å²) in [4.78, 5) is 12.8. The second-order valence-electron chi connectivity index (χ2n) is 4.42. The van der Waals surface area contributed by atoms with Gasteiger partial charge < -0.3 is 10.0 Å². The highest BCUT2D eigenvalue weighted by atomic mass is 19.4. The first kappa shape index (κ1) is 17.1. The van der Waals surface area contributed by atoms with Gasteiger partial charge in [-0.15, -0.1) is 0 Å². The van der Waals surface area contributed by atoms with E-state index >= 15 is 0 Å². The van der Waals surface area contributed by atoms with Crippen molar-refractivity contribution in [3.05, 3.63) is 34.9 Å². The lowest BCUT2D eigenvalue weighted by atomic mass is 10.0. The normalized spacial score (nSPS) is 10.8. The molecule has 1 amide bonds. The van der Waals surface area contributed by atoms with Crippen molar-refractivity contribution >= 4 is 5.91 Å². The van der Waals surface area contributed by atoms with Crippen LogP contribution < -0.4 is 0 Å². The first-order valence-corrected chi connectivity index (χ1v) is 6.35. The highest BCUT2D eigenvalue weighted by Gasteiger charge is 2.32. The van der Waals surface area contributed by atoms with Gasteiger partial charge in [0.1, 0.15) is 13.2 Å². The summed E-state index contributed by atoms with van der Waals surface area (Å²) in [6, 6.07) is 4.51. The number of carbonyl (C=O) groups is 1. The zero-order valence-corrected chi connectivity index (χ0v) is 11.8. The van der Waals surface area contributed by atoms with Crippen LogP contribution in [0.5, 0.6) is 0 Å². The van der Waals surface area contributed by atoms with Crippen molar-refractivity contribution in [1.29, 1.82) is 0 Å². The number of carbonyl (C=O) groups excluding carboxylic acids is 1. The first-order chi connectivity index (χ1) is 9.78. The fraction of sp³-hybridized carbons (Fsp3) is 0.400. The molecule has 0 fully saturated rings. The number of aliphatic hydroxyl groups excluding tert-OH is 1. The minimum absolute atomic E-state index is 0.0243. The Morgan fingerprint density at radius 2 is 2.05 bits per heavy atom. The van der Waals surface area contributed by atoms with Crippen molar-refractivity contribution in [3.8, 4) is 11.8 Å². The van der Waals surface area contributed by atoms with Gasteiger partial charge in [0, 0.05) is 17.7 Å². The number of hydrogen-bond acceptors (Lipinski definition) is 2. The van der Waals surface area contributed by atoms with Crippen LogP contribution in [0, 0.1) is 18.8 Å². The molecule has 0 saturated carbocycles. The lowest BCUT2D eigenvalue weighted by Gasteiger charge is -2.22. The van der Waals surface area contributed by atoms with Crippen molar-refractivity contribution in [2.45, 2.75) is 20.0 Å². The minimum Gasteiger partial charge on any atom is -0.384 e. The molecule has 0 aromatic heterocycles. The molecular weight excluding hydrogens is 283 g/mol. The van der Waals surface area contributed by atoms with E-state index in [0.29, 0.717) is 11.1 Å². The summed E-state index contributed by atoms with van der Waals surface area (Å²) < 4.78 is 37.2. The first-order valence-electron chi connectivity index (χ1n) is 6.35. The van der Waals surface area contributed by atoms with Crippen LogP contribution in [0.15, 0.2) is 18.2 Å². The van der Waals surface area contributed by atoms with Gasteiger partial charge in [-0.25, -0.2) is 0 Å². The average molecular weight is 299 g/mol. The summed E-state index contributed by atoms with van der Waals surface area (Å²) in [5.41, 5.74) is 1.48. The van der Waals surface area contributed by atoms with Crippen LogP contribution in [0.3, 0.4) is 0 Å². The second-order valence-corrected chi connectivity index (χ2v) is 4.42. The zero-order valence-electron chi connectivity index (χ0n) is 11.8. The van der Waals surface area contributed by atoms with E-state index in [2.05, 4.69) is 11.8 Å². The Labute approximate surface area is 121 Å². The lowest BCUT2D eigenvalue weighted by Crippen LogP contribution is -2.38. The average Bonchev–Trinajstić information content (AvgIpc) is 2.41. The van der Waals surface area contributed by atoms with E-state index in [0.717, 1.165) is 4.90 Å². The smallest absolute Gasteiger partial charge is 0.384 e. The Morgan fingerprint density at radius 3 is 2.52 bits per heavy atom. The Hall–Kier alpha value is -2.00. The van der Waals surface area contributed by atoms with Gasteiger partial charge in [0.2, 0.25) is 0 Å². The van der Waals surface area contributed by atoms with Crippen molar-refractivity contribution in [1.82, 2.24) is 4.90 Å². The molecule has 114 valence electrons. The van der Waals surface area contributed by atoms with Crippen molar-refractivity contribution in [3.63, 3.8) is 0 Å². The van der Waals surface area contributed by atoms with Crippen LogP contribution in [-0.2, 0) is 0 Å². The fourth-order valence-electron chi connectivity index (χ4n) is 1.80. The molecule has 21 heavy (non-hydrogen) atoms. The molecule has 0 atom stereocenters. The number of nitrogens with zero attached hydrogens (tertiary/aromatic N) is 1. The molecule has 1 rings (SSSR count). The van der Waals surface area contributed by atoms with E-state index in [9.17, 15) is 18.0 Å². The molecule has 0 radical (unpaired) electrons. The third kappa shape index (κ3) is 5.12. The van der Waals surface area contributed by atoms with E-state index in [-0.39, 0.29) is 18.7 Å². The molecule has 6 heteroatoms. The Balaban J connectivity index is 2.99. The Kier molecular flexibility index (Phi) is 5.79. The fourth-order valence-corrected chi connectivity index (χ4v) is 1.80. The quantitative estimate of drug-likeness (QED) is 0.871. The summed E-state index contributed by atoms with van der Waals surface area (Å²) in [6.45, 7) is 1.63. The monoisotopic (exact) mass is 299 g/mol. The standard InChI is InChI=1S/C15H16F3NO2/c1-3-19(10-15(16,17)18)14(21)13-7-6-12(5-4-8-20)11(2)9-13/h6-7,9,20H,3,8,10H2,1-2H3. The number of hydrogen-bond donors (Lipinski definition) is 1. The summed E-state index contributed by atoms with van der Waals surface area (Å²) in [5, 5.41) is 8.63. The van der Waals surface area contributed by atoms with E-state index in [4.69, 9.17) is 5.11 Å². The molecule has 0 heterocycles. The lowest BCUT2D eigenvalue weighted by molar-refractivity contribution is -0.140. The van der Waals surface area contributed by atoms with Crippen LogP contribution in [0.2, 0.25) is 0 Å². The van der Waals surface area contributed by atoms with E-state index in [1.807, 2.05) is 0 Å². The molecule has 0 aliphatic rings. The van der Waals surface area contributed by atoms with Gasteiger partial charge in [-0.1, -0.05) is 11.8 Å². The largest absolute Gasteiger partial charge is 0.406 e. The third-order valence-corrected chi connectivity index (χ3v) is 2.81. The number of amides is 1. The number of aryl methyl sites for hydroxylation is 1. The highest BCUT2D eigenvalue weighted by molar-refractivity contribution is 5.94. The topological polar surface area (TPSA) is 40.5 Å². The number of rotatable bonds is 3. The van der Waals surface area contributed by atoms with E-state index < -0.39 is 18.6 Å². The van der Waals surface area contributed by atoms with Gasteiger partial charge >= 0.3 is 6.18 Å². The van der Waals surface area contributed by atoms with Gasteiger partial charge in [0.25, 0.3) is 5.91 Å². The number of alkyl halides is 3. The molecule has 3 nitrogen and oxygen atoms in total. The Morgan fingerprint density at radius 1 is 1.38 bits per heavy atom. The van der Waals surface area contributed by atoms with Gasteiger partial charge in [0.05, 0.1) is 0 Å². The molecule has 1 aromatic rings. The minimum atomic E-state index is -4.42. The van der Waals surface area contributed by atoms with Gasteiger partial charge in [-0.3, -0.25) is 4.79 Å². The summed E-state index contributed by atoms with van der Waals surface area (Å²) in [5.74, 6) is 4.52.